The zero-order valence-corrected chi connectivity index (χ0v) is 24.3. The Bertz CT molecular complexity index is 1300. The van der Waals surface area contributed by atoms with Gasteiger partial charge in [0.1, 0.15) is 11.2 Å². The molecule has 2 aliphatic heterocycles. The molecule has 200 valence electrons. The van der Waals surface area contributed by atoms with E-state index in [0.29, 0.717) is 21.2 Å². The predicted molar refractivity (Wildman–Crippen MR) is 149 cm³/mol. The standard InChI is InChI=1S/C28H30N2O6S2/c1-15-9-11-17-19(13-15)37-21(23(31)29(17)25(33)35-27(3,4)5)22-24(32)30(26(34)36-28(6,7)8)18-12-10-16(2)14-20(18)38-22/h9-14H,1-8H3/b22-21+. The molecule has 0 N–H and O–H groups in total. The number of imide groups is 2. The molecular weight excluding hydrogens is 524 g/mol. The lowest BCUT2D eigenvalue weighted by atomic mass is 10.2. The highest BCUT2D eigenvalue weighted by Crippen LogP contribution is 2.50. The van der Waals surface area contributed by atoms with Crippen molar-refractivity contribution in [3.8, 4) is 0 Å². The maximum absolute atomic E-state index is 13.9. The van der Waals surface area contributed by atoms with E-state index in [2.05, 4.69) is 0 Å². The lowest BCUT2D eigenvalue weighted by Gasteiger charge is -2.34. The molecule has 0 aliphatic carbocycles. The quantitative estimate of drug-likeness (QED) is 0.323. The first-order valence-electron chi connectivity index (χ1n) is 12.0. The fourth-order valence-electron chi connectivity index (χ4n) is 3.77. The predicted octanol–water partition coefficient (Wildman–Crippen LogP) is 6.96. The monoisotopic (exact) mass is 554 g/mol. The average molecular weight is 555 g/mol. The number of hydrogen-bond acceptors (Lipinski definition) is 8. The van der Waals surface area contributed by atoms with Gasteiger partial charge in [0.25, 0.3) is 11.8 Å². The highest BCUT2D eigenvalue weighted by molar-refractivity contribution is 8.08. The van der Waals surface area contributed by atoms with Crippen molar-refractivity contribution in [1.82, 2.24) is 0 Å². The Kier molecular flexibility index (Phi) is 7.18. The second-order valence-corrected chi connectivity index (χ2v) is 13.2. The summed E-state index contributed by atoms with van der Waals surface area (Å²) < 4.78 is 11.1. The molecule has 2 aromatic rings. The van der Waals surface area contributed by atoms with E-state index in [1.54, 1.807) is 65.8 Å². The first kappa shape index (κ1) is 27.8. The lowest BCUT2D eigenvalue weighted by Crippen LogP contribution is -2.46. The second kappa shape index (κ2) is 9.81. The maximum atomic E-state index is 13.9. The number of fused-ring (bicyclic) bond motifs is 2. The fraction of sp³-hybridized carbons (Fsp3) is 0.357. The van der Waals surface area contributed by atoms with Gasteiger partial charge >= 0.3 is 12.2 Å². The number of nitrogens with zero attached hydrogens (tertiary/aromatic N) is 2. The topological polar surface area (TPSA) is 93.2 Å². The number of ether oxygens (including phenoxy) is 2. The van der Waals surface area contributed by atoms with E-state index in [1.165, 1.54) is 0 Å². The van der Waals surface area contributed by atoms with Crippen molar-refractivity contribution in [2.24, 2.45) is 0 Å². The molecule has 0 saturated heterocycles. The number of aryl methyl sites for hydroxylation is 2. The Balaban J connectivity index is 1.89. The van der Waals surface area contributed by atoms with Crippen LogP contribution in [-0.2, 0) is 19.1 Å². The molecule has 0 bridgehead atoms. The number of amides is 4. The van der Waals surface area contributed by atoms with Gasteiger partial charge in [-0.2, -0.15) is 0 Å². The van der Waals surface area contributed by atoms with E-state index in [-0.39, 0.29) is 9.81 Å². The summed E-state index contributed by atoms with van der Waals surface area (Å²) >= 11 is 2.19. The van der Waals surface area contributed by atoms with Gasteiger partial charge in [-0.05, 0) is 90.8 Å². The molecule has 4 amide bonds. The zero-order chi connectivity index (χ0) is 28.2. The number of thioether (sulfide) groups is 2. The normalized spacial score (nSPS) is 17.7. The van der Waals surface area contributed by atoms with Crippen molar-refractivity contribution >= 4 is 58.9 Å². The van der Waals surface area contributed by atoms with E-state index >= 15 is 0 Å². The second-order valence-electron chi connectivity index (χ2n) is 11.0. The van der Waals surface area contributed by atoms with Crippen LogP contribution in [0.5, 0.6) is 0 Å². The van der Waals surface area contributed by atoms with E-state index in [0.717, 1.165) is 44.5 Å². The Labute approximate surface area is 230 Å². The summed E-state index contributed by atoms with van der Waals surface area (Å²) in [6.45, 7) is 14.1. The molecule has 8 nitrogen and oxygen atoms in total. The average Bonchev–Trinajstić information content (AvgIpc) is 2.76. The molecule has 0 unspecified atom stereocenters. The van der Waals surface area contributed by atoms with Gasteiger partial charge in [-0.3, -0.25) is 9.59 Å². The van der Waals surface area contributed by atoms with Gasteiger partial charge < -0.3 is 9.47 Å². The number of carbonyl (C=O) groups is 4. The Morgan fingerprint density at radius 3 is 1.32 bits per heavy atom. The van der Waals surface area contributed by atoms with Crippen LogP contribution in [0.25, 0.3) is 0 Å². The SMILES string of the molecule is Cc1ccc2c(c1)S/C(=C1/Sc3cc(C)ccc3N(C(=O)OC(C)(C)C)C1=O)C(=O)N2C(=O)OC(C)(C)C. The minimum Gasteiger partial charge on any atom is -0.443 e. The van der Waals surface area contributed by atoms with Gasteiger partial charge in [-0.15, -0.1) is 0 Å². The summed E-state index contributed by atoms with van der Waals surface area (Å²) in [5.41, 5.74) is 0.880. The molecule has 0 aromatic heterocycles. The molecule has 10 heteroatoms. The summed E-state index contributed by atoms with van der Waals surface area (Å²) in [5, 5.41) is 0. The van der Waals surface area contributed by atoms with Gasteiger partial charge in [0, 0.05) is 9.79 Å². The van der Waals surface area contributed by atoms with Crippen LogP contribution in [0.3, 0.4) is 0 Å². The Morgan fingerprint density at radius 2 is 1.00 bits per heavy atom. The molecular formula is C28H30N2O6S2. The molecule has 0 saturated carbocycles. The van der Waals surface area contributed by atoms with E-state index in [1.807, 2.05) is 26.0 Å². The summed E-state index contributed by atoms with van der Waals surface area (Å²) in [6, 6.07) is 10.6. The Morgan fingerprint density at radius 1 is 0.658 bits per heavy atom. The van der Waals surface area contributed by atoms with Crippen molar-refractivity contribution in [3.63, 3.8) is 0 Å². The minimum absolute atomic E-state index is 0.0321. The van der Waals surface area contributed by atoms with Gasteiger partial charge in [0.05, 0.1) is 21.2 Å². The summed E-state index contributed by atoms with van der Waals surface area (Å²) in [7, 11) is 0. The van der Waals surface area contributed by atoms with Crippen LogP contribution >= 0.6 is 23.5 Å². The third kappa shape index (κ3) is 5.61. The van der Waals surface area contributed by atoms with Gasteiger partial charge in [-0.1, -0.05) is 35.7 Å². The van der Waals surface area contributed by atoms with Gasteiger partial charge in [-0.25, -0.2) is 19.4 Å². The third-order valence-electron chi connectivity index (χ3n) is 5.29. The van der Waals surface area contributed by atoms with Crippen molar-refractivity contribution in [2.75, 3.05) is 9.80 Å². The van der Waals surface area contributed by atoms with Crippen LogP contribution in [0.1, 0.15) is 52.7 Å². The lowest BCUT2D eigenvalue weighted by molar-refractivity contribution is -0.116. The fourth-order valence-corrected chi connectivity index (χ4v) is 6.19. The van der Waals surface area contributed by atoms with Crippen molar-refractivity contribution in [1.29, 1.82) is 0 Å². The first-order valence-corrected chi connectivity index (χ1v) is 13.7. The number of hydrogen-bond donors (Lipinski definition) is 0. The van der Waals surface area contributed by atoms with Crippen LogP contribution in [0.4, 0.5) is 21.0 Å². The maximum Gasteiger partial charge on any atom is 0.422 e. The highest BCUT2D eigenvalue weighted by atomic mass is 32.2. The number of anilines is 2. The number of carbonyl (C=O) groups excluding carboxylic acids is 4. The molecule has 38 heavy (non-hydrogen) atoms. The molecule has 0 radical (unpaired) electrons. The van der Waals surface area contributed by atoms with E-state index in [9.17, 15) is 19.2 Å². The smallest absolute Gasteiger partial charge is 0.422 e. The zero-order valence-electron chi connectivity index (χ0n) is 22.6. The molecule has 0 spiro atoms. The summed E-state index contributed by atoms with van der Waals surface area (Å²) in [4.78, 5) is 57.4. The van der Waals surface area contributed by atoms with Crippen LogP contribution in [0.15, 0.2) is 56.0 Å². The molecule has 0 atom stereocenters. The van der Waals surface area contributed by atoms with Gasteiger partial charge in [0.15, 0.2) is 0 Å². The summed E-state index contributed by atoms with van der Waals surface area (Å²) in [5.74, 6) is -1.40. The minimum atomic E-state index is -0.848. The molecule has 0 fully saturated rings. The number of benzene rings is 2. The van der Waals surface area contributed by atoms with Crippen LogP contribution in [0.2, 0.25) is 0 Å². The van der Waals surface area contributed by atoms with Crippen molar-refractivity contribution < 1.29 is 28.7 Å². The Hall–Kier alpha value is -3.24. The van der Waals surface area contributed by atoms with E-state index in [4.69, 9.17) is 9.47 Å². The van der Waals surface area contributed by atoms with Crippen LogP contribution in [-0.4, -0.2) is 35.2 Å². The van der Waals surface area contributed by atoms with Crippen LogP contribution in [0, 0.1) is 13.8 Å². The number of rotatable bonds is 0. The van der Waals surface area contributed by atoms with E-state index < -0.39 is 35.2 Å². The van der Waals surface area contributed by atoms with Crippen molar-refractivity contribution in [2.45, 2.75) is 76.4 Å². The highest BCUT2D eigenvalue weighted by Gasteiger charge is 2.44. The van der Waals surface area contributed by atoms with Crippen LogP contribution < -0.4 is 9.80 Å². The van der Waals surface area contributed by atoms with Gasteiger partial charge in [0.2, 0.25) is 0 Å². The third-order valence-corrected chi connectivity index (χ3v) is 7.68. The molecule has 2 aliphatic rings. The molecule has 4 rings (SSSR count). The molecule has 2 aromatic carbocycles. The molecule has 2 heterocycles. The van der Waals surface area contributed by atoms with Crippen molar-refractivity contribution in [3.05, 3.63) is 57.3 Å². The summed E-state index contributed by atoms with van der Waals surface area (Å²) in [6.07, 6.45) is -1.70. The largest absolute Gasteiger partial charge is 0.443 e. The first-order chi connectivity index (χ1) is 17.6.